The van der Waals surface area contributed by atoms with E-state index in [4.69, 9.17) is 5.10 Å². The van der Waals surface area contributed by atoms with Crippen molar-refractivity contribution in [2.45, 2.75) is 19.8 Å². The molecule has 0 unspecified atom stereocenters. The summed E-state index contributed by atoms with van der Waals surface area (Å²) in [5.74, 6) is 1.61. The first kappa shape index (κ1) is 23.4. The van der Waals surface area contributed by atoms with Crippen LogP contribution in [0.5, 0.6) is 0 Å². The van der Waals surface area contributed by atoms with E-state index in [-0.39, 0.29) is 17.6 Å². The number of rotatable bonds is 4. The summed E-state index contributed by atoms with van der Waals surface area (Å²) in [5.41, 5.74) is 3.49. The van der Waals surface area contributed by atoms with Crippen LogP contribution in [-0.2, 0) is 4.79 Å². The number of hydrogen-bond acceptors (Lipinski definition) is 6. The Kier molecular flexibility index (Phi) is 6.20. The molecular weight excluding hydrogens is 469 g/mol. The maximum atomic E-state index is 14.1. The third-order valence-electron chi connectivity index (χ3n) is 7.51. The molecule has 9 heteroatoms. The van der Waals surface area contributed by atoms with Crippen LogP contribution in [0.2, 0.25) is 0 Å². The van der Waals surface area contributed by atoms with Gasteiger partial charge in [0.1, 0.15) is 11.6 Å². The molecule has 2 aliphatic rings. The number of carbonyl (C=O) groups is 1. The predicted octanol–water partition coefficient (Wildman–Crippen LogP) is 3.80. The number of fused-ring (bicyclic) bond motifs is 1. The summed E-state index contributed by atoms with van der Waals surface area (Å²) in [5, 5.41) is 13.5. The fourth-order valence-electron chi connectivity index (χ4n) is 5.32. The van der Waals surface area contributed by atoms with E-state index in [0.717, 1.165) is 43.1 Å². The topological polar surface area (TPSA) is 69.9 Å². The summed E-state index contributed by atoms with van der Waals surface area (Å²) in [6, 6.07) is 18.9. The zero-order valence-electron chi connectivity index (χ0n) is 20.9. The second kappa shape index (κ2) is 9.80. The van der Waals surface area contributed by atoms with Crippen molar-refractivity contribution in [3.8, 4) is 11.4 Å². The van der Waals surface area contributed by atoms with E-state index < -0.39 is 0 Å². The first-order chi connectivity index (χ1) is 18.1. The fourth-order valence-corrected chi connectivity index (χ4v) is 5.32. The van der Waals surface area contributed by atoms with Gasteiger partial charge in [0, 0.05) is 50.7 Å². The van der Waals surface area contributed by atoms with Crippen molar-refractivity contribution in [1.82, 2.24) is 24.7 Å². The van der Waals surface area contributed by atoms with Gasteiger partial charge in [-0.25, -0.2) is 4.39 Å². The molecule has 2 saturated heterocycles. The van der Waals surface area contributed by atoms with E-state index in [2.05, 4.69) is 34.2 Å². The third kappa shape index (κ3) is 4.61. The molecule has 0 aliphatic carbocycles. The Balaban J connectivity index is 1.08. The highest BCUT2D eigenvalue weighted by molar-refractivity contribution is 5.79. The van der Waals surface area contributed by atoms with Crippen molar-refractivity contribution in [3.05, 3.63) is 72.0 Å². The first-order valence-electron chi connectivity index (χ1n) is 12.9. The van der Waals surface area contributed by atoms with Crippen LogP contribution in [0.4, 0.5) is 15.9 Å². The number of hydrogen-bond donors (Lipinski definition) is 0. The number of aryl methyl sites for hydroxylation is 1. The largest absolute Gasteiger partial charge is 0.366 e. The van der Waals surface area contributed by atoms with Gasteiger partial charge in [-0.1, -0.05) is 42.0 Å². The van der Waals surface area contributed by atoms with Crippen molar-refractivity contribution in [3.63, 3.8) is 0 Å². The Bertz CT molecular complexity index is 1400. The molecular formula is C28H30FN7O. The molecule has 2 aliphatic heterocycles. The van der Waals surface area contributed by atoms with Crippen molar-refractivity contribution in [2.24, 2.45) is 5.92 Å². The van der Waals surface area contributed by atoms with Gasteiger partial charge in [0.05, 0.1) is 5.69 Å². The summed E-state index contributed by atoms with van der Waals surface area (Å²) < 4.78 is 15.9. The molecule has 4 heterocycles. The van der Waals surface area contributed by atoms with E-state index in [0.29, 0.717) is 37.5 Å². The van der Waals surface area contributed by atoms with Gasteiger partial charge in [-0.05, 0) is 44.0 Å². The van der Waals surface area contributed by atoms with Crippen molar-refractivity contribution < 1.29 is 9.18 Å². The summed E-state index contributed by atoms with van der Waals surface area (Å²) >= 11 is 0. The van der Waals surface area contributed by atoms with Crippen LogP contribution >= 0.6 is 0 Å². The zero-order valence-corrected chi connectivity index (χ0v) is 20.9. The van der Waals surface area contributed by atoms with Crippen LogP contribution in [0.15, 0.2) is 60.7 Å². The van der Waals surface area contributed by atoms with E-state index in [9.17, 15) is 9.18 Å². The van der Waals surface area contributed by atoms with E-state index in [1.807, 2.05) is 40.1 Å². The van der Waals surface area contributed by atoms with Crippen LogP contribution in [0.3, 0.4) is 0 Å². The van der Waals surface area contributed by atoms with E-state index >= 15 is 0 Å². The molecule has 0 atom stereocenters. The molecule has 37 heavy (non-hydrogen) atoms. The van der Waals surface area contributed by atoms with Gasteiger partial charge in [-0.15, -0.1) is 15.3 Å². The summed E-state index contributed by atoms with van der Waals surface area (Å²) in [4.78, 5) is 19.5. The predicted molar refractivity (Wildman–Crippen MR) is 141 cm³/mol. The van der Waals surface area contributed by atoms with Crippen molar-refractivity contribution in [2.75, 3.05) is 49.1 Å². The molecule has 4 aromatic rings. The molecule has 8 nitrogen and oxygen atoms in total. The number of anilines is 2. The van der Waals surface area contributed by atoms with E-state index in [1.165, 1.54) is 11.6 Å². The Labute approximate surface area is 215 Å². The van der Waals surface area contributed by atoms with Gasteiger partial charge in [0.2, 0.25) is 5.91 Å². The highest BCUT2D eigenvalue weighted by atomic mass is 19.1. The smallest absolute Gasteiger partial charge is 0.225 e. The minimum Gasteiger partial charge on any atom is -0.366 e. The average molecular weight is 500 g/mol. The average Bonchev–Trinajstić information content (AvgIpc) is 3.37. The monoisotopic (exact) mass is 499 g/mol. The normalized spacial score (nSPS) is 17.0. The molecule has 0 spiro atoms. The maximum Gasteiger partial charge on any atom is 0.225 e. The van der Waals surface area contributed by atoms with Crippen LogP contribution < -0.4 is 9.80 Å². The number of nitrogens with zero attached hydrogens (tertiary/aromatic N) is 7. The first-order valence-corrected chi connectivity index (χ1v) is 12.9. The zero-order chi connectivity index (χ0) is 25.4. The van der Waals surface area contributed by atoms with Gasteiger partial charge in [-0.3, -0.25) is 4.79 Å². The Hall–Kier alpha value is -4.01. The summed E-state index contributed by atoms with van der Waals surface area (Å²) in [6.45, 7) is 6.15. The van der Waals surface area contributed by atoms with Gasteiger partial charge in [-0.2, -0.15) is 4.52 Å². The highest BCUT2D eigenvalue weighted by Crippen LogP contribution is 2.26. The molecule has 190 valence electrons. The van der Waals surface area contributed by atoms with Crippen LogP contribution in [0.1, 0.15) is 18.4 Å². The second-order valence-corrected chi connectivity index (χ2v) is 9.88. The number of para-hydroxylation sites is 1. The number of carbonyl (C=O) groups excluding carboxylic acids is 1. The Morgan fingerprint density at radius 1 is 0.838 bits per heavy atom. The van der Waals surface area contributed by atoms with E-state index in [1.54, 1.807) is 16.6 Å². The van der Waals surface area contributed by atoms with Gasteiger partial charge in [0.15, 0.2) is 11.5 Å². The van der Waals surface area contributed by atoms with Crippen molar-refractivity contribution in [1.29, 1.82) is 0 Å². The fraction of sp³-hybridized carbons (Fsp3) is 0.357. The molecule has 2 aromatic carbocycles. The number of piperidine rings is 1. The van der Waals surface area contributed by atoms with Crippen molar-refractivity contribution >= 4 is 23.1 Å². The second-order valence-electron chi connectivity index (χ2n) is 9.88. The lowest BCUT2D eigenvalue weighted by molar-refractivity contribution is -0.136. The summed E-state index contributed by atoms with van der Waals surface area (Å²) in [7, 11) is 0. The third-order valence-corrected chi connectivity index (χ3v) is 7.51. The van der Waals surface area contributed by atoms with Gasteiger partial charge >= 0.3 is 0 Å². The molecule has 2 fully saturated rings. The van der Waals surface area contributed by atoms with Crippen LogP contribution in [0, 0.1) is 18.7 Å². The SMILES string of the molecule is Cc1ccc(-c2nnc3ccc(N4CCC(C(=O)N5CCN(c6ccccc6F)CC5)CC4)nn23)cc1. The summed E-state index contributed by atoms with van der Waals surface area (Å²) in [6.07, 6.45) is 1.58. The molecule has 0 bridgehead atoms. The van der Waals surface area contributed by atoms with Gasteiger partial charge in [0.25, 0.3) is 0 Å². The maximum absolute atomic E-state index is 14.1. The molecule has 2 aromatic heterocycles. The highest BCUT2D eigenvalue weighted by Gasteiger charge is 2.31. The number of aromatic nitrogens is 4. The molecule has 0 N–H and O–H groups in total. The molecule has 6 rings (SSSR count). The molecule has 1 amide bonds. The molecule has 0 radical (unpaired) electrons. The molecule has 0 saturated carbocycles. The Morgan fingerprint density at radius 2 is 1.57 bits per heavy atom. The number of halogens is 1. The lowest BCUT2D eigenvalue weighted by Gasteiger charge is -2.39. The van der Waals surface area contributed by atoms with Crippen LogP contribution in [-0.4, -0.2) is 69.9 Å². The number of benzene rings is 2. The Morgan fingerprint density at radius 3 is 2.30 bits per heavy atom. The lowest BCUT2D eigenvalue weighted by atomic mass is 9.95. The minimum absolute atomic E-state index is 0.0121. The minimum atomic E-state index is -0.209. The number of amides is 1. The standard InChI is InChI=1S/C28H30FN7O/c1-20-6-8-21(9-7-20)27-31-30-25-10-11-26(32-36(25)27)34-14-12-22(13-15-34)28(37)35-18-16-33(17-19-35)24-5-3-2-4-23(24)29/h2-11,22H,12-19H2,1H3. The number of piperazine rings is 1. The lowest BCUT2D eigenvalue weighted by Crippen LogP contribution is -2.52. The van der Waals surface area contributed by atoms with Crippen LogP contribution in [0.25, 0.3) is 17.0 Å². The van der Waals surface area contributed by atoms with Gasteiger partial charge < -0.3 is 14.7 Å². The quantitative estimate of drug-likeness (QED) is 0.426.